The number of hydrogen-bond donors (Lipinski definition) is 0. The van der Waals surface area contributed by atoms with Crippen molar-refractivity contribution in [2.75, 3.05) is 14.1 Å². The summed E-state index contributed by atoms with van der Waals surface area (Å²) < 4.78 is 2.13. The van der Waals surface area contributed by atoms with Gasteiger partial charge in [-0.2, -0.15) is 5.26 Å². The number of pyridine rings is 1. The van der Waals surface area contributed by atoms with Crippen LogP contribution in [0.15, 0.2) is 67.0 Å². The molecule has 0 saturated carbocycles. The van der Waals surface area contributed by atoms with Crippen LogP contribution in [0, 0.1) is 11.3 Å². The molecule has 150 valence electrons. The molecule has 4 aromatic rings. The second-order valence-corrected chi connectivity index (χ2v) is 8.18. The fraction of sp³-hybridized carbons (Fsp3) is 0.200. The zero-order valence-electron chi connectivity index (χ0n) is 17.3. The Hall–Kier alpha value is -3.13. The highest BCUT2D eigenvalue weighted by atomic mass is 35.5. The van der Waals surface area contributed by atoms with E-state index in [9.17, 15) is 5.26 Å². The van der Waals surface area contributed by atoms with Crippen molar-refractivity contribution in [3.05, 3.63) is 77.7 Å². The van der Waals surface area contributed by atoms with Gasteiger partial charge in [-0.1, -0.05) is 41.9 Å². The van der Waals surface area contributed by atoms with Gasteiger partial charge in [0.15, 0.2) is 0 Å². The highest BCUT2D eigenvalue weighted by Gasteiger charge is 2.20. The Morgan fingerprint density at radius 3 is 2.43 bits per heavy atom. The van der Waals surface area contributed by atoms with Crippen LogP contribution in [0.2, 0.25) is 5.02 Å². The average molecular weight is 415 g/mol. The number of nitriles is 1. The molecular weight excluding hydrogens is 392 g/mol. The van der Waals surface area contributed by atoms with Crippen molar-refractivity contribution in [1.29, 1.82) is 5.26 Å². The lowest BCUT2D eigenvalue weighted by Crippen LogP contribution is -2.29. The van der Waals surface area contributed by atoms with Gasteiger partial charge in [-0.25, -0.2) is 0 Å². The Labute approximate surface area is 182 Å². The maximum absolute atomic E-state index is 10.1. The summed E-state index contributed by atoms with van der Waals surface area (Å²) in [6.45, 7) is 2.90. The molecule has 5 heteroatoms. The molecule has 0 fully saturated rings. The Morgan fingerprint density at radius 2 is 1.73 bits per heavy atom. The highest BCUT2D eigenvalue weighted by Crippen LogP contribution is 2.36. The lowest BCUT2D eigenvalue weighted by atomic mass is 10.00. The lowest BCUT2D eigenvalue weighted by molar-refractivity contribution is 0.286. The van der Waals surface area contributed by atoms with Crippen molar-refractivity contribution in [3.8, 4) is 28.3 Å². The first-order chi connectivity index (χ1) is 14.5. The van der Waals surface area contributed by atoms with E-state index in [0.717, 1.165) is 39.7 Å². The molecule has 0 aliphatic heterocycles. The van der Waals surface area contributed by atoms with Crippen LogP contribution in [0.5, 0.6) is 0 Å². The van der Waals surface area contributed by atoms with Gasteiger partial charge >= 0.3 is 0 Å². The summed E-state index contributed by atoms with van der Waals surface area (Å²) in [5.41, 5.74) is 5.63. The smallest absolute Gasteiger partial charge is 0.129 e. The predicted molar refractivity (Wildman–Crippen MR) is 123 cm³/mol. The SMILES string of the molecule is CC(Cn1c(C#N)c(-c2cncc(-c3ccc(Cl)cc3)c2)c2ccccc21)N(C)C. The maximum atomic E-state index is 10.1. The van der Waals surface area contributed by atoms with Crippen LogP contribution in [0.25, 0.3) is 33.2 Å². The quantitative estimate of drug-likeness (QED) is 0.411. The second-order valence-electron chi connectivity index (χ2n) is 7.74. The summed E-state index contributed by atoms with van der Waals surface area (Å²) in [5.74, 6) is 0. The summed E-state index contributed by atoms with van der Waals surface area (Å²) in [6.07, 6.45) is 3.67. The summed E-state index contributed by atoms with van der Waals surface area (Å²) >= 11 is 6.04. The second kappa shape index (κ2) is 8.31. The standard InChI is InChI=1S/C25H23ClN4/c1-17(29(2)3)16-30-23-7-5-4-6-22(23)25(24(30)13-27)20-12-19(14-28-15-20)18-8-10-21(26)11-9-18/h4-12,14-15,17H,16H2,1-3H3. The molecule has 4 nitrogen and oxygen atoms in total. The van der Waals surface area contributed by atoms with Gasteiger partial charge in [0, 0.05) is 57.6 Å². The fourth-order valence-electron chi connectivity index (χ4n) is 3.71. The number of halogens is 1. The number of fused-ring (bicyclic) bond motifs is 1. The molecule has 0 bridgehead atoms. The molecule has 4 rings (SSSR count). The van der Waals surface area contributed by atoms with Crippen molar-refractivity contribution in [2.45, 2.75) is 19.5 Å². The Morgan fingerprint density at radius 1 is 1.03 bits per heavy atom. The Bertz CT molecular complexity index is 1230. The van der Waals surface area contributed by atoms with Crippen LogP contribution >= 0.6 is 11.6 Å². The van der Waals surface area contributed by atoms with E-state index in [4.69, 9.17) is 11.6 Å². The Balaban J connectivity index is 1.90. The summed E-state index contributed by atoms with van der Waals surface area (Å²) in [5, 5.41) is 11.9. The Kier molecular flexibility index (Phi) is 5.59. The number of hydrogen-bond acceptors (Lipinski definition) is 3. The van der Waals surface area contributed by atoms with Crippen molar-refractivity contribution in [2.24, 2.45) is 0 Å². The predicted octanol–water partition coefficient (Wildman–Crippen LogP) is 5.85. The summed E-state index contributed by atoms with van der Waals surface area (Å²) in [7, 11) is 4.12. The van der Waals surface area contributed by atoms with Gasteiger partial charge in [-0.05, 0) is 50.8 Å². The average Bonchev–Trinajstić information content (AvgIpc) is 3.07. The van der Waals surface area contributed by atoms with E-state index >= 15 is 0 Å². The molecule has 1 atom stereocenters. The van der Waals surface area contributed by atoms with E-state index in [2.05, 4.69) is 59.7 Å². The highest BCUT2D eigenvalue weighted by molar-refractivity contribution is 6.30. The molecule has 1 unspecified atom stereocenters. The number of nitrogens with zero attached hydrogens (tertiary/aromatic N) is 4. The number of rotatable bonds is 5. The van der Waals surface area contributed by atoms with E-state index < -0.39 is 0 Å². The van der Waals surface area contributed by atoms with E-state index in [1.165, 1.54) is 0 Å². The van der Waals surface area contributed by atoms with Crippen LogP contribution < -0.4 is 0 Å². The fourth-order valence-corrected chi connectivity index (χ4v) is 3.83. The molecule has 0 saturated heterocycles. The number of para-hydroxylation sites is 1. The normalized spacial score (nSPS) is 12.3. The van der Waals surface area contributed by atoms with E-state index in [-0.39, 0.29) is 0 Å². The molecule has 0 aliphatic rings. The molecule has 2 aromatic heterocycles. The molecule has 0 amide bonds. The minimum atomic E-state index is 0.291. The zero-order chi connectivity index (χ0) is 21.3. The molecule has 0 spiro atoms. The topological polar surface area (TPSA) is 44.9 Å². The molecule has 2 heterocycles. The third kappa shape index (κ3) is 3.70. The lowest BCUT2D eigenvalue weighted by Gasteiger charge is -2.21. The zero-order valence-corrected chi connectivity index (χ0v) is 18.1. The van der Waals surface area contributed by atoms with Crippen molar-refractivity contribution in [1.82, 2.24) is 14.5 Å². The van der Waals surface area contributed by atoms with Crippen LogP contribution in [0.3, 0.4) is 0 Å². The third-order valence-corrected chi connectivity index (χ3v) is 5.86. The molecule has 30 heavy (non-hydrogen) atoms. The number of aromatic nitrogens is 2. The molecule has 0 radical (unpaired) electrons. The van der Waals surface area contributed by atoms with Crippen molar-refractivity contribution < 1.29 is 0 Å². The third-order valence-electron chi connectivity index (χ3n) is 5.61. The summed E-state index contributed by atoms with van der Waals surface area (Å²) in [4.78, 5) is 6.65. The minimum Gasteiger partial charge on any atom is -0.330 e. The van der Waals surface area contributed by atoms with Crippen molar-refractivity contribution in [3.63, 3.8) is 0 Å². The molecule has 0 N–H and O–H groups in total. The van der Waals surface area contributed by atoms with Gasteiger partial charge in [0.25, 0.3) is 0 Å². The number of benzene rings is 2. The van der Waals surface area contributed by atoms with Gasteiger partial charge in [0.05, 0.1) is 0 Å². The summed E-state index contributed by atoms with van der Waals surface area (Å²) in [6, 6.07) is 20.8. The van der Waals surface area contributed by atoms with Gasteiger partial charge in [-0.15, -0.1) is 0 Å². The first kappa shape index (κ1) is 20.2. The monoisotopic (exact) mass is 414 g/mol. The van der Waals surface area contributed by atoms with Crippen LogP contribution in [-0.2, 0) is 6.54 Å². The van der Waals surface area contributed by atoms with E-state index in [1.54, 1.807) is 0 Å². The van der Waals surface area contributed by atoms with Crippen molar-refractivity contribution >= 4 is 22.5 Å². The van der Waals surface area contributed by atoms with E-state index in [0.29, 0.717) is 16.8 Å². The van der Waals surface area contributed by atoms with Gasteiger partial charge in [0.2, 0.25) is 0 Å². The molecular formula is C25H23ClN4. The first-order valence-corrected chi connectivity index (χ1v) is 10.3. The first-order valence-electron chi connectivity index (χ1n) is 9.88. The van der Waals surface area contributed by atoms with Gasteiger partial charge < -0.3 is 9.47 Å². The van der Waals surface area contributed by atoms with Crippen LogP contribution in [-0.4, -0.2) is 34.6 Å². The molecule has 0 aliphatic carbocycles. The number of likely N-dealkylation sites (N-methyl/N-ethyl adjacent to an activating group) is 1. The van der Waals surface area contributed by atoms with Crippen LogP contribution in [0.4, 0.5) is 0 Å². The maximum Gasteiger partial charge on any atom is 0.129 e. The van der Waals surface area contributed by atoms with Crippen LogP contribution in [0.1, 0.15) is 12.6 Å². The largest absolute Gasteiger partial charge is 0.330 e. The van der Waals surface area contributed by atoms with Gasteiger partial charge in [0.1, 0.15) is 11.8 Å². The van der Waals surface area contributed by atoms with Gasteiger partial charge in [-0.3, -0.25) is 4.98 Å². The molecule has 2 aromatic carbocycles. The van der Waals surface area contributed by atoms with E-state index in [1.807, 2.05) is 48.8 Å². The minimum absolute atomic E-state index is 0.291.